The second-order valence-electron chi connectivity index (χ2n) is 3.54. The lowest BCUT2D eigenvalue weighted by atomic mass is 10.2. The van der Waals surface area contributed by atoms with Gasteiger partial charge in [0, 0.05) is 16.6 Å². The predicted molar refractivity (Wildman–Crippen MR) is 66.3 cm³/mol. The van der Waals surface area contributed by atoms with Crippen LogP contribution in [0.2, 0.25) is 10.0 Å². The number of hydrogen-bond donors (Lipinski definition) is 2. The van der Waals surface area contributed by atoms with Crippen LogP contribution in [0.5, 0.6) is 0 Å². The van der Waals surface area contributed by atoms with E-state index < -0.39 is 12.2 Å². The molecule has 0 aliphatic carbocycles. The van der Waals surface area contributed by atoms with E-state index in [-0.39, 0.29) is 13.2 Å². The zero-order chi connectivity index (χ0) is 12.8. The van der Waals surface area contributed by atoms with E-state index in [4.69, 9.17) is 33.0 Å². The molecular weight excluding hydrogens is 265 g/mol. The summed E-state index contributed by atoms with van der Waals surface area (Å²) in [7, 11) is 0. The molecule has 94 valence electrons. The summed E-state index contributed by atoms with van der Waals surface area (Å²) in [6, 6.07) is 5.01. The fourth-order valence-corrected chi connectivity index (χ4v) is 1.56. The Labute approximate surface area is 109 Å². The van der Waals surface area contributed by atoms with Gasteiger partial charge in [-0.3, -0.25) is 0 Å². The smallest absolute Gasteiger partial charge is 0.407 e. The van der Waals surface area contributed by atoms with Crippen LogP contribution >= 0.6 is 23.2 Å². The van der Waals surface area contributed by atoms with E-state index in [2.05, 4.69) is 5.32 Å². The molecule has 1 rings (SSSR count). The Morgan fingerprint density at radius 2 is 2.24 bits per heavy atom. The molecule has 1 unspecified atom stereocenters. The summed E-state index contributed by atoms with van der Waals surface area (Å²) >= 11 is 11.7. The first-order valence-electron chi connectivity index (χ1n) is 5.01. The van der Waals surface area contributed by atoms with E-state index in [1.54, 1.807) is 18.2 Å². The lowest BCUT2D eigenvalue weighted by molar-refractivity contribution is 0.0778. The molecule has 1 aromatic carbocycles. The summed E-state index contributed by atoms with van der Waals surface area (Å²) in [6.45, 7) is 1.73. The first-order chi connectivity index (χ1) is 7.99. The summed E-state index contributed by atoms with van der Waals surface area (Å²) < 4.78 is 4.72. The van der Waals surface area contributed by atoms with Crippen LogP contribution in [-0.4, -0.2) is 23.9 Å². The average Bonchev–Trinajstić information content (AvgIpc) is 2.25. The Bertz CT molecular complexity index is 396. The Morgan fingerprint density at radius 1 is 1.53 bits per heavy atom. The van der Waals surface area contributed by atoms with Crippen LogP contribution in [0, 0.1) is 0 Å². The normalized spacial score (nSPS) is 12.0. The number of aliphatic hydroxyl groups is 1. The fourth-order valence-electron chi connectivity index (χ4n) is 1.08. The van der Waals surface area contributed by atoms with Crippen LogP contribution < -0.4 is 5.32 Å². The summed E-state index contributed by atoms with van der Waals surface area (Å²) in [5, 5.41) is 12.5. The summed E-state index contributed by atoms with van der Waals surface area (Å²) in [4.78, 5) is 11.2. The number of halogens is 2. The molecule has 1 atom stereocenters. The SMILES string of the molecule is CC(O)COC(=O)NCc1ccc(Cl)cc1Cl. The molecule has 0 bridgehead atoms. The van der Waals surface area contributed by atoms with E-state index in [9.17, 15) is 4.79 Å². The number of amides is 1. The van der Waals surface area contributed by atoms with Gasteiger partial charge >= 0.3 is 6.09 Å². The number of carbonyl (C=O) groups is 1. The molecule has 0 saturated heterocycles. The standard InChI is InChI=1S/C11H13Cl2NO3/c1-7(15)6-17-11(16)14-5-8-2-3-9(12)4-10(8)13/h2-4,7,15H,5-6H2,1H3,(H,14,16). The topological polar surface area (TPSA) is 58.6 Å². The number of rotatable bonds is 4. The van der Waals surface area contributed by atoms with Crippen molar-refractivity contribution in [3.8, 4) is 0 Å². The number of alkyl carbamates (subject to hydrolysis) is 1. The molecule has 0 aliphatic rings. The lowest BCUT2D eigenvalue weighted by Gasteiger charge is -2.09. The number of carbonyl (C=O) groups excluding carboxylic acids is 1. The molecule has 0 aliphatic heterocycles. The molecule has 17 heavy (non-hydrogen) atoms. The first-order valence-corrected chi connectivity index (χ1v) is 5.77. The minimum atomic E-state index is -0.681. The Balaban J connectivity index is 2.42. The van der Waals surface area contributed by atoms with Crippen LogP contribution in [0.1, 0.15) is 12.5 Å². The van der Waals surface area contributed by atoms with Crippen molar-refractivity contribution in [1.29, 1.82) is 0 Å². The second kappa shape index (κ2) is 6.69. The van der Waals surface area contributed by atoms with Crippen molar-refractivity contribution < 1.29 is 14.6 Å². The minimum Gasteiger partial charge on any atom is -0.447 e. The summed E-state index contributed by atoms with van der Waals surface area (Å²) in [5.41, 5.74) is 0.741. The number of nitrogens with one attached hydrogen (secondary N) is 1. The Morgan fingerprint density at radius 3 is 2.82 bits per heavy atom. The largest absolute Gasteiger partial charge is 0.447 e. The molecule has 0 fully saturated rings. The molecule has 1 aromatic rings. The highest BCUT2D eigenvalue weighted by Crippen LogP contribution is 2.20. The van der Waals surface area contributed by atoms with Crippen LogP contribution in [0.15, 0.2) is 18.2 Å². The van der Waals surface area contributed by atoms with Crippen molar-refractivity contribution in [2.45, 2.75) is 19.6 Å². The maximum absolute atomic E-state index is 11.2. The monoisotopic (exact) mass is 277 g/mol. The number of hydrogen-bond acceptors (Lipinski definition) is 3. The third kappa shape index (κ3) is 5.26. The van der Waals surface area contributed by atoms with E-state index in [1.807, 2.05) is 0 Å². The molecule has 4 nitrogen and oxygen atoms in total. The summed E-state index contributed by atoms with van der Waals surface area (Å²) in [6.07, 6.45) is -1.28. The van der Waals surface area contributed by atoms with Gasteiger partial charge in [0.25, 0.3) is 0 Å². The highest BCUT2D eigenvalue weighted by atomic mass is 35.5. The van der Waals surface area contributed by atoms with E-state index >= 15 is 0 Å². The van der Waals surface area contributed by atoms with Gasteiger partial charge in [-0.25, -0.2) is 4.79 Å². The molecule has 0 aromatic heterocycles. The van der Waals surface area contributed by atoms with Gasteiger partial charge in [-0.05, 0) is 24.6 Å². The highest BCUT2D eigenvalue weighted by Gasteiger charge is 2.06. The molecule has 6 heteroatoms. The van der Waals surface area contributed by atoms with Crippen molar-refractivity contribution in [3.63, 3.8) is 0 Å². The van der Waals surface area contributed by atoms with Gasteiger partial charge in [-0.1, -0.05) is 29.3 Å². The van der Waals surface area contributed by atoms with Crippen LogP contribution in [0.4, 0.5) is 4.79 Å². The van der Waals surface area contributed by atoms with Crippen molar-refractivity contribution in [3.05, 3.63) is 33.8 Å². The minimum absolute atomic E-state index is 0.0415. The molecule has 0 radical (unpaired) electrons. The third-order valence-corrected chi connectivity index (χ3v) is 2.48. The molecule has 0 spiro atoms. The van der Waals surface area contributed by atoms with Gasteiger partial charge in [-0.2, -0.15) is 0 Å². The van der Waals surface area contributed by atoms with Crippen molar-refractivity contribution in [1.82, 2.24) is 5.32 Å². The van der Waals surface area contributed by atoms with Gasteiger partial charge in [0.05, 0.1) is 6.10 Å². The first kappa shape index (κ1) is 14.1. The number of benzene rings is 1. The van der Waals surface area contributed by atoms with Gasteiger partial charge < -0.3 is 15.2 Å². The van der Waals surface area contributed by atoms with Crippen molar-refractivity contribution >= 4 is 29.3 Å². The predicted octanol–water partition coefficient (Wildman–Crippen LogP) is 2.60. The summed E-state index contributed by atoms with van der Waals surface area (Å²) in [5.74, 6) is 0. The lowest BCUT2D eigenvalue weighted by Crippen LogP contribution is -2.26. The third-order valence-electron chi connectivity index (χ3n) is 1.89. The van der Waals surface area contributed by atoms with E-state index in [0.717, 1.165) is 5.56 Å². The Kier molecular flexibility index (Phi) is 5.55. The van der Waals surface area contributed by atoms with Crippen molar-refractivity contribution in [2.24, 2.45) is 0 Å². The number of aliphatic hydroxyl groups excluding tert-OH is 1. The maximum atomic E-state index is 11.2. The van der Waals surface area contributed by atoms with Crippen LogP contribution in [0.25, 0.3) is 0 Å². The number of ether oxygens (including phenoxy) is 1. The molecule has 1 amide bonds. The van der Waals surface area contributed by atoms with Gasteiger partial charge in [0.1, 0.15) is 6.61 Å². The zero-order valence-corrected chi connectivity index (χ0v) is 10.8. The van der Waals surface area contributed by atoms with Crippen LogP contribution in [-0.2, 0) is 11.3 Å². The zero-order valence-electron chi connectivity index (χ0n) is 9.24. The Hall–Kier alpha value is -0.970. The quantitative estimate of drug-likeness (QED) is 0.890. The highest BCUT2D eigenvalue weighted by molar-refractivity contribution is 6.35. The second-order valence-corrected chi connectivity index (χ2v) is 4.38. The van der Waals surface area contributed by atoms with Gasteiger partial charge in [0.2, 0.25) is 0 Å². The fraction of sp³-hybridized carbons (Fsp3) is 0.364. The van der Waals surface area contributed by atoms with Crippen LogP contribution in [0.3, 0.4) is 0 Å². The van der Waals surface area contributed by atoms with Gasteiger partial charge in [-0.15, -0.1) is 0 Å². The maximum Gasteiger partial charge on any atom is 0.407 e. The van der Waals surface area contributed by atoms with E-state index in [1.165, 1.54) is 6.92 Å². The molecule has 2 N–H and O–H groups in total. The molecule has 0 heterocycles. The van der Waals surface area contributed by atoms with Gasteiger partial charge in [0.15, 0.2) is 0 Å². The molecular formula is C11H13Cl2NO3. The van der Waals surface area contributed by atoms with Crippen molar-refractivity contribution in [2.75, 3.05) is 6.61 Å². The average molecular weight is 278 g/mol. The molecule has 0 saturated carbocycles. The van der Waals surface area contributed by atoms with E-state index in [0.29, 0.717) is 10.0 Å².